The molecule has 2 heterocycles. The zero-order chi connectivity index (χ0) is 18.7. The number of amides is 1. The van der Waals surface area contributed by atoms with Crippen molar-refractivity contribution in [2.24, 2.45) is 0 Å². The van der Waals surface area contributed by atoms with Crippen LogP contribution in [0.25, 0.3) is 0 Å². The van der Waals surface area contributed by atoms with Crippen LogP contribution >= 0.6 is 11.3 Å². The second kappa shape index (κ2) is 7.88. The Kier molecular flexibility index (Phi) is 5.58. The summed E-state index contributed by atoms with van der Waals surface area (Å²) in [6.07, 6.45) is 0.766. The Balaban J connectivity index is 1.75. The highest BCUT2D eigenvalue weighted by Gasteiger charge is 2.28. The number of likely N-dealkylation sites (N-methyl/N-ethyl adjacent to an activating group) is 1. The molecule has 0 saturated heterocycles. The number of fused-ring (bicyclic) bond motifs is 1. The Morgan fingerprint density at radius 2 is 2.08 bits per heavy atom. The van der Waals surface area contributed by atoms with Gasteiger partial charge in [-0.2, -0.15) is 0 Å². The van der Waals surface area contributed by atoms with Gasteiger partial charge in [-0.05, 0) is 37.6 Å². The standard InChI is InChI=1S/C19H22N2O4S/c1-12-6-4-5-7-14(12)25-11-16(22)20-18-17(19(23)24-3)13-8-9-21(2)10-15(13)26-18/h4-7H,8-11H2,1-3H3,(H,20,22). The van der Waals surface area contributed by atoms with E-state index >= 15 is 0 Å². The van der Waals surface area contributed by atoms with Crippen LogP contribution in [0.15, 0.2) is 24.3 Å². The summed E-state index contributed by atoms with van der Waals surface area (Å²) in [5.74, 6) is -0.0459. The predicted molar refractivity (Wildman–Crippen MR) is 101 cm³/mol. The van der Waals surface area contributed by atoms with Gasteiger partial charge in [-0.25, -0.2) is 4.79 Å². The van der Waals surface area contributed by atoms with Gasteiger partial charge < -0.3 is 19.7 Å². The summed E-state index contributed by atoms with van der Waals surface area (Å²) < 4.78 is 10.5. The number of nitrogens with one attached hydrogen (secondary N) is 1. The van der Waals surface area contributed by atoms with Crippen molar-refractivity contribution in [2.45, 2.75) is 19.9 Å². The van der Waals surface area contributed by atoms with E-state index in [4.69, 9.17) is 9.47 Å². The van der Waals surface area contributed by atoms with Gasteiger partial charge in [0.25, 0.3) is 5.91 Å². The van der Waals surface area contributed by atoms with Crippen molar-refractivity contribution < 1.29 is 19.1 Å². The summed E-state index contributed by atoms with van der Waals surface area (Å²) in [5, 5.41) is 3.36. The third-order valence-corrected chi connectivity index (χ3v) is 5.47. The number of hydrogen-bond acceptors (Lipinski definition) is 6. The minimum Gasteiger partial charge on any atom is -0.483 e. The van der Waals surface area contributed by atoms with Crippen molar-refractivity contribution >= 4 is 28.2 Å². The van der Waals surface area contributed by atoms with Crippen molar-refractivity contribution in [1.29, 1.82) is 0 Å². The van der Waals surface area contributed by atoms with Gasteiger partial charge in [-0.15, -0.1) is 11.3 Å². The number of anilines is 1. The van der Waals surface area contributed by atoms with Crippen LogP contribution in [0.1, 0.15) is 26.4 Å². The number of carbonyl (C=O) groups excluding carboxylic acids is 2. The van der Waals surface area contributed by atoms with Crippen LogP contribution in [0.4, 0.5) is 5.00 Å². The Hall–Kier alpha value is -2.38. The number of esters is 1. The van der Waals surface area contributed by atoms with E-state index in [1.165, 1.54) is 18.4 Å². The molecule has 26 heavy (non-hydrogen) atoms. The van der Waals surface area contributed by atoms with E-state index in [1.54, 1.807) is 0 Å². The van der Waals surface area contributed by atoms with Gasteiger partial charge in [-0.3, -0.25) is 4.79 Å². The van der Waals surface area contributed by atoms with E-state index in [0.29, 0.717) is 16.3 Å². The molecule has 0 aliphatic carbocycles. The van der Waals surface area contributed by atoms with Crippen LogP contribution in [0.5, 0.6) is 5.75 Å². The number of benzene rings is 1. The molecule has 0 fully saturated rings. The topological polar surface area (TPSA) is 67.9 Å². The minimum atomic E-state index is -0.415. The molecule has 3 rings (SSSR count). The third-order valence-electron chi connectivity index (χ3n) is 4.34. The molecule has 138 valence electrons. The van der Waals surface area contributed by atoms with Gasteiger partial charge in [-0.1, -0.05) is 18.2 Å². The number of nitrogens with zero attached hydrogens (tertiary/aromatic N) is 1. The second-order valence-corrected chi connectivity index (χ2v) is 7.39. The number of ether oxygens (including phenoxy) is 2. The molecule has 1 N–H and O–H groups in total. The third kappa shape index (κ3) is 3.89. The monoisotopic (exact) mass is 374 g/mol. The van der Waals surface area contributed by atoms with Gasteiger partial charge in [0.15, 0.2) is 6.61 Å². The number of hydrogen-bond donors (Lipinski definition) is 1. The number of methoxy groups -OCH3 is 1. The molecule has 0 atom stereocenters. The van der Waals surface area contributed by atoms with E-state index in [2.05, 4.69) is 10.2 Å². The fraction of sp³-hybridized carbons (Fsp3) is 0.368. The first-order chi connectivity index (χ1) is 12.5. The van der Waals surface area contributed by atoms with Crippen LogP contribution < -0.4 is 10.1 Å². The maximum Gasteiger partial charge on any atom is 0.341 e. The summed E-state index contributed by atoms with van der Waals surface area (Å²) in [6.45, 7) is 3.44. The van der Waals surface area contributed by atoms with Gasteiger partial charge in [0.2, 0.25) is 0 Å². The van der Waals surface area contributed by atoms with Crippen molar-refractivity contribution in [3.05, 3.63) is 45.8 Å². The van der Waals surface area contributed by atoms with Crippen LogP contribution in [0, 0.1) is 6.92 Å². The molecule has 6 nitrogen and oxygen atoms in total. The quantitative estimate of drug-likeness (QED) is 0.815. The van der Waals surface area contributed by atoms with Crippen molar-refractivity contribution in [3.8, 4) is 5.75 Å². The summed E-state index contributed by atoms with van der Waals surface area (Å²) >= 11 is 1.43. The summed E-state index contributed by atoms with van der Waals surface area (Å²) in [6, 6.07) is 7.52. The van der Waals surface area contributed by atoms with E-state index in [1.807, 2.05) is 38.2 Å². The fourth-order valence-electron chi connectivity index (χ4n) is 2.96. The molecule has 0 radical (unpaired) electrons. The van der Waals surface area contributed by atoms with Crippen molar-refractivity contribution in [1.82, 2.24) is 4.90 Å². The maximum absolute atomic E-state index is 12.3. The maximum atomic E-state index is 12.3. The zero-order valence-corrected chi connectivity index (χ0v) is 15.9. The molecule has 7 heteroatoms. The minimum absolute atomic E-state index is 0.117. The number of rotatable bonds is 5. The number of thiophene rings is 1. The highest BCUT2D eigenvalue weighted by atomic mass is 32.1. The molecule has 0 spiro atoms. The number of carbonyl (C=O) groups is 2. The van der Waals surface area contributed by atoms with E-state index in [-0.39, 0.29) is 12.5 Å². The van der Waals surface area contributed by atoms with Crippen molar-refractivity contribution in [3.63, 3.8) is 0 Å². The molecule has 1 aromatic heterocycles. The van der Waals surface area contributed by atoms with Crippen LogP contribution in [0.3, 0.4) is 0 Å². The molecule has 1 aliphatic rings. The smallest absolute Gasteiger partial charge is 0.341 e. The van der Waals surface area contributed by atoms with Gasteiger partial charge in [0, 0.05) is 18.0 Å². The van der Waals surface area contributed by atoms with Gasteiger partial charge in [0.05, 0.1) is 12.7 Å². The molecular formula is C19H22N2O4S. The summed E-state index contributed by atoms with van der Waals surface area (Å²) in [4.78, 5) is 27.9. The van der Waals surface area contributed by atoms with Crippen LogP contribution in [-0.2, 0) is 22.5 Å². The average Bonchev–Trinajstić information content (AvgIpc) is 2.97. The van der Waals surface area contributed by atoms with Crippen LogP contribution in [0.2, 0.25) is 0 Å². The first kappa shape index (κ1) is 18.4. The Labute approximate surface area is 156 Å². The lowest BCUT2D eigenvalue weighted by molar-refractivity contribution is -0.118. The number of para-hydroxylation sites is 1. The molecular weight excluding hydrogens is 352 g/mol. The first-order valence-corrected chi connectivity index (χ1v) is 9.21. The average molecular weight is 374 g/mol. The zero-order valence-electron chi connectivity index (χ0n) is 15.1. The Morgan fingerprint density at radius 3 is 2.81 bits per heavy atom. The first-order valence-electron chi connectivity index (χ1n) is 8.39. The molecule has 0 saturated carbocycles. The highest BCUT2D eigenvalue weighted by Crippen LogP contribution is 2.37. The molecule has 1 aliphatic heterocycles. The van der Waals surface area contributed by atoms with E-state index in [0.717, 1.165) is 35.5 Å². The Bertz CT molecular complexity index is 831. The highest BCUT2D eigenvalue weighted by molar-refractivity contribution is 7.17. The van der Waals surface area contributed by atoms with Crippen molar-refractivity contribution in [2.75, 3.05) is 32.6 Å². The lowest BCUT2D eigenvalue weighted by Crippen LogP contribution is -2.26. The normalized spacial score (nSPS) is 13.8. The summed E-state index contributed by atoms with van der Waals surface area (Å²) in [5.41, 5.74) is 2.42. The largest absolute Gasteiger partial charge is 0.483 e. The molecule has 2 aromatic rings. The molecule has 0 bridgehead atoms. The van der Waals surface area contributed by atoms with E-state index < -0.39 is 5.97 Å². The molecule has 1 aromatic carbocycles. The predicted octanol–water partition coefficient (Wildman–Crippen LogP) is 2.85. The lowest BCUT2D eigenvalue weighted by Gasteiger charge is -2.22. The Morgan fingerprint density at radius 1 is 1.31 bits per heavy atom. The molecule has 0 unspecified atom stereocenters. The fourth-order valence-corrected chi connectivity index (χ4v) is 4.29. The van der Waals surface area contributed by atoms with E-state index in [9.17, 15) is 9.59 Å². The summed E-state index contributed by atoms with van der Waals surface area (Å²) in [7, 11) is 3.39. The van der Waals surface area contributed by atoms with Gasteiger partial charge >= 0.3 is 5.97 Å². The molecule has 1 amide bonds. The van der Waals surface area contributed by atoms with Crippen LogP contribution in [-0.4, -0.2) is 44.1 Å². The lowest BCUT2D eigenvalue weighted by atomic mass is 10.0. The SMILES string of the molecule is COC(=O)c1c(NC(=O)COc2ccccc2C)sc2c1CCN(C)C2. The van der Waals surface area contributed by atoms with Gasteiger partial charge in [0.1, 0.15) is 10.8 Å². The number of aryl methyl sites for hydroxylation is 1. The second-order valence-electron chi connectivity index (χ2n) is 6.29.